The fraction of sp³-hybridized carbons (Fsp3) is 0.417. The van der Waals surface area contributed by atoms with Gasteiger partial charge >= 0.3 is 6.03 Å². The molecule has 3 amide bonds. The predicted molar refractivity (Wildman–Crippen MR) is 120 cm³/mol. The van der Waals surface area contributed by atoms with Gasteiger partial charge in [-0.15, -0.1) is 0 Å². The first kappa shape index (κ1) is 22.5. The fourth-order valence-corrected chi connectivity index (χ4v) is 3.82. The van der Waals surface area contributed by atoms with Crippen LogP contribution in [-0.2, 0) is 6.42 Å². The zero-order valence-corrected chi connectivity index (χ0v) is 18.7. The second-order valence-electron chi connectivity index (χ2n) is 7.67. The third-order valence-electron chi connectivity index (χ3n) is 5.56. The third kappa shape index (κ3) is 5.10. The molecule has 1 aliphatic rings. The van der Waals surface area contributed by atoms with Crippen LogP contribution in [0.25, 0.3) is 0 Å². The molecule has 0 aliphatic carbocycles. The van der Waals surface area contributed by atoms with Gasteiger partial charge in [-0.3, -0.25) is 4.79 Å². The van der Waals surface area contributed by atoms with Crippen molar-refractivity contribution in [2.75, 3.05) is 33.9 Å². The normalized spacial score (nSPS) is 15.1. The fourth-order valence-electron chi connectivity index (χ4n) is 3.82. The van der Waals surface area contributed by atoms with Crippen LogP contribution in [0.15, 0.2) is 36.4 Å². The van der Waals surface area contributed by atoms with Crippen LogP contribution in [0.2, 0.25) is 0 Å². The molecule has 2 aromatic rings. The van der Waals surface area contributed by atoms with Gasteiger partial charge in [-0.25, -0.2) is 4.79 Å². The Hall–Kier alpha value is -3.22. The van der Waals surface area contributed by atoms with Gasteiger partial charge in [0.25, 0.3) is 5.91 Å². The minimum absolute atomic E-state index is 0.128. The zero-order valence-electron chi connectivity index (χ0n) is 18.7. The smallest absolute Gasteiger partial charge is 0.317 e. The standard InChI is InChI=1S/C24H31N3O4/c1-5-11-25-24(29)27-12-10-18-13-21(30-3)22(31-4)14-19(18)20(27)15-26-23(28)17-8-6-16(2)7-9-17/h6-9,13-14,20H,5,10-12,15H2,1-4H3,(H,25,29)(H,26,28). The summed E-state index contributed by atoms with van der Waals surface area (Å²) in [5.41, 5.74) is 3.74. The summed E-state index contributed by atoms with van der Waals surface area (Å²) in [6, 6.07) is 10.9. The van der Waals surface area contributed by atoms with Crippen molar-refractivity contribution in [3.63, 3.8) is 0 Å². The predicted octanol–water partition coefficient (Wildman–Crippen LogP) is 3.46. The summed E-state index contributed by atoms with van der Waals surface area (Å²) in [5.74, 6) is 1.10. The highest BCUT2D eigenvalue weighted by atomic mass is 16.5. The van der Waals surface area contributed by atoms with Crippen molar-refractivity contribution in [2.24, 2.45) is 0 Å². The number of carbonyl (C=O) groups is 2. The van der Waals surface area contributed by atoms with E-state index in [0.717, 1.165) is 23.1 Å². The van der Waals surface area contributed by atoms with E-state index >= 15 is 0 Å². The van der Waals surface area contributed by atoms with Crippen LogP contribution in [0, 0.1) is 6.92 Å². The number of methoxy groups -OCH3 is 2. The van der Waals surface area contributed by atoms with Gasteiger partial charge in [-0.2, -0.15) is 0 Å². The molecular formula is C24H31N3O4. The van der Waals surface area contributed by atoms with E-state index in [9.17, 15) is 9.59 Å². The third-order valence-corrected chi connectivity index (χ3v) is 5.56. The molecule has 0 saturated carbocycles. The molecule has 0 radical (unpaired) electrons. The van der Waals surface area contributed by atoms with Crippen LogP contribution < -0.4 is 20.1 Å². The Bertz CT molecular complexity index is 927. The first-order valence-corrected chi connectivity index (χ1v) is 10.6. The van der Waals surface area contributed by atoms with E-state index in [-0.39, 0.29) is 18.0 Å². The summed E-state index contributed by atoms with van der Waals surface area (Å²) in [5, 5.41) is 5.96. The van der Waals surface area contributed by atoms with Gasteiger partial charge in [0.1, 0.15) is 0 Å². The van der Waals surface area contributed by atoms with Crippen molar-refractivity contribution in [1.82, 2.24) is 15.5 Å². The summed E-state index contributed by atoms with van der Waals surface area (Å²) in [6.07, 6.45) is 1.56. The van der Waals surface area contributed by atoms with Crippen LogP contribution >= 0.6 is 0 Å². The monoisotopic (exact) mass is 425 g/mol. The number of benzene rings is 2. The summed E-state index contributed by atoms with van der Waals surface area (Å²) >= 11 is 0. The van der Waals surface area contributed by atoms with Crippen molar-refractivity contribution >= 4 is 11.9 Å². The lowest BCUT2D eigenvalue weighted by Gasteiger charge is -2.38. The van der Waals surface area contributed by atoms with Crippen molar-refractivity contribution in [3.05, 3.63) is 58.7 Å². The summed E-state index contributed by atoms with van der Waals surface area (Å²) in [7, 11) is 3.20. The number of urea groups is 1. The molecule has 0 fully saturated rings. The number of amides is 3. The highest BCUT2D eigenvalue weighted by Gasteiger charge is 2.32. The first-order valence-electron chi connectivity index (χ1n) is 10.6. The molecule has 0 saturated heterocycles. The van der Waals surface area contributed by atoms with Crippen LogP contribution in [0.5, 0.6) is 11.5 Å². The summed E-state index contributed by atoms with van der Waals surface area (Å²) in [4.78, 5) is 27.4. The number of rotatable bonds is 7. The van der Waals surface area contributed by atoms with Crippen LogP contribution in [0.4, 0.5) is 4.79 Å². The van der Waals surface area contributed by atoms with Crippen LogP contribution in [0.1, 0.15) is 46.4 Å². The number of hydrogen-bond acceptors (Lipinski definition) is 4. The molecule has 2 aromatic carbocycles. The van der Waals surface area contributed by atoms with Gasteiger partial charge in [0.05, 0.1) is 20.3 Å². The van der Waals surface area contributed by atoms with Gasteiger partial charge in [0.15, 0.2) is 11.5 Å². The van der Waals surface area contributed by atoms with Crippen molar-refractivity contribution < 1.29 is 19.1 Å². The van der Waals surface area contributed by atoms with Crippen molar-refractivity contribution in [3.8, 4) is 11.5 Å². The lowest BCUT2D eigenvalue weighted by molar-refractivity contribution is 0.0934. The molecule has 31 heavy (non-hydrogen) atoms. The largest absolute Gasteiger partial charge is 0.493 e. The first-order chi connectivity index (χ1) is 15.0. The molecular weight excluding hydrogens is 394 g/mol. The Morgan fingerprint density at radius 2 is 1.74 bits per heavy atom. The highest BCUT2D eigenvalue weighted by Crippen LogP contribution is 2.38. The number of hydrogen-bond donors (Lipinski definition) is 2. The molecule has 1 heterocycles. The second kappa shape index (κ2) is 10.2. The molecule has 1 atom stereocenters. The minimum Gasteiger partial charge on any atom is -0.493 e. The van der Waals surface area contributed by atoms with Crippen LogP contribution in [-0.4, -0.2) is 50.7 Å². The molecule has 1 aliphatic heterocycles. The van der Waals surface area contributed by atoms with Gasteiger partial charge < -0.3 is 25.0 Å². The Balaban J connectivity index is 1.88. The lowest BCUT2D eigenvalue weighted by atomic mass is 9.91. The van der Waals surface area contributed by atoms with Crippen molar-refractivity contribution in [1.29, 1.82) is 0 Å². The molecule has 7 nitrogen and oxygen atoms in total. The maximum atomic E-state index is 12.9. The quantitative estimate of drug-likeness (QED) is 0.712. The maximum absolute atomic E-state index is 12.9. The molecule has 7 heteroatoms. The molecule has 2 N–H and O–H groups in total. The molecule has 0 spiro atoms. The molecule has 0 bridgehead atoms. The number of aryl methyl sites for hydroxylation is 1. The van der Waals surface area contributed by atoms with E-state index in [4.69, 9.17) is 9.47 Å². The van der Waals surface area contributed by atoms with Gasteiger partial charge in [0, 0.05) is 25.2 Å². The topological polar surface area (TPSA) is 79.9 Å². The summed E-state index contributed by atoms with van der Waals surface area (Å²) in [6.45, 7) is 5.46. The van der Waals surface area contributed by atoms with Gasteiger partial charge in [0.2, 0.25) is 0 Å². The zero-order chi connectivity index (χ0) is 22.4. The van der Waals surface area contributed by atoms with E-state index in [1.807, 2.05) is 38.1 Å². The number of ether oxygens (including phenoxy) is 2. The minimum atomic E-state index is -0.310. The van der Waals surface area contributed by atoms with E-state index < -0.39 is 0 Å². The van der Waals surface area contributed by atoms with Gasteiger partial charge in [-0.1, -0.05) is 24.6 Å². The van der Waals surface area contributed by atoms with E-state index in [2.05, 4.69) is 10.6 Å². The molecule has 3 rings (SSSR count). The number of fused-ring (bicyclic) bond motifs is 1. The lowest BCUT2D eigenvalue weighted by Crippen LogP contribution is -2.49. The Morgan fingerprint density at radius 3 is 2.39 bits per heavy atom. The Kier molecular flexibility index (Phi) is 7.39. The SMILES string of the molecule is CCCNC(=O)N1CCc2cc(OC)c(OC)cc2C1CNC(=O)c1ccc(C)cc1. The van der Waals surface area contributed by atoms with Crippen LogP contribution in [0.3, 0.4) is 0 Å². The van der Waals surface area contributed by atoms with E-state index in [1.54, 1.807) is 31.3 Å². The molecule has 0 aromatic heterocycles. The van der Waals surface area contributed by atoms with Gasteiger partial charge in [-0.05, 0) is 55.2 Å². The maximum Gasteiger partial charge on any atom is 0.317 e. The van der Waals surface area contributed by atoms with E-state index in [0.29, 0.717) is 43.1 Å². The number of nitrogens with one attached hydrogen (secondary N) is 2. The molecule has 1 unspecified atom stereocenters. The number of carbonyl (C=O) groups excluding carboxylic acids is 2. The Labute approximate surface area is 183 Å². The second-order valence-corrected chi connectivity index (χ2v) is 7.67. The average molecular weight is 426 g/mol. The average Bonchev–Trinajstić information content (AvgIpc) is 2.79. The number of nitrogens with zero attached hydrogens (tertiary/aromatic N) is 1. The molecule has 166 valence electrons. The summed E-state index contributed by atoms with van der Waals surface area (Å²) < 4.78 is 10.9. The highest BCUT2D eigenvalue weighted by molar-refractivity contribution is 5.94. The van der Waals surface area contributed by atoms with E-state index in [1.165, 1.54) is 0 Å². The van der Waals surface area contributed by atoms with Crippen molar-refractivity contribution in [2.45, 2.75) is 32.7 Å². The Morgan fingerprint density at radius 1 is 1.06 bits per heavy atom.